The number of benzene rings is 3. The monoisotopic (exact) mass is 1530 g/mol. The summed E-state index contributed by atoms with van der Waals surface area (Å²) in [5, 5.41) is 133. The third-order valence-electron chi connectivity index (χ3n) is 21.8. The number of halogens is 2. The minimum absolute atomic E-state index is 0.00574. The average molecular weight is 1540 g/mol. The van der Waals surface area contributed by atoms with E-state index in [0.717, 1.165) is 27.8 Å². The fraction of sp³-hybridized carbons (Fsp3) is 0.612. The Kier molecular flexibility index (Phi) is 40.5. The number of hydrogen-bond donors (Lipinski definition) is 15. The van der Waals surface area contributed by atoms with E-state index < -0.39 is 36.0 Å². The first kappa shape index (κ1) is 94.0. The second-order valence-corrected chi connectivity index (χ2v) is 31.4. The van der Waals surface area contributed by atoms with Crippen LogP contribution in [-0.2, 0) is 47.9 Å². The van der Waals surface area contributed by atoms with Gasteiger partial charge in [0, 0.05) is 155 Å². The third-order valence-corrected chi connectivity index (χ3v) is 22.3. The molecule has 23 heteroatoms. The first-order valence-corrected chi connectivity index (χ1v) is 38.6. The number of allylic oxidation sites excluding steroid dienone is 3. The minimum atomic E-state index is -0.839. The van der Waals surface area contributed by atoms with E-state index in [1.54, 1.807) is 60.3 Å². The molecule has 606 valence electrons. The van der Waals surface area contributed by atoms with Crippen molar-refractivity contribution >= 4 is 46.4 Å². The van der Waals surface area contributed by atoms with E-state index in [2.05, 4.69) is 22.9 Å². The summed E-state index contributed by atoms with van der Waals surface area (Å²) < 4.78 is 32.4. The molecule has 108 heavy (non-hydrogen) atoms. The van der Waals surface area contributed by atoms with Crippen molar-refractivity contribution in [3.8, 4) is 17.2 Å². The van der Waals surface area contributed by atoms with Crippen molar-refractivity contribution in [3.05, 3.63) is 139 Å². The molecule has 15 N–H and O–H groups in total. The molecular formula is C85H129ClFN3O18. The molecule has 18 atom stereocenters. The number of rotatable bonds is 9. The van der Waals surface area contributed by atoms with Gasteiger partial charge in [0.1, 0.15) is 23.1 Å². The number of phenols is 3. The Morgan fingerprint density at radius 2 is 0.750 bits per heavy atom. The van der Waals surface area contributed by atoms with Gasteiger partial charge in [-0.2, -0.15) is 0 Å². The number of methoxy groups -OCH3 is 3. The molecule has 6 bridgehead atoms. The van der Waals surface area contributed by atoms with E-state index in [1.807, 2.05) is 98.8 Å². The van der Waals surface area contributed by atoms with Crippen LogP contribution in [0.2, 0.25) is 5.02 Å². The summed E-state index contributed by atoms with van der Waals surface area (Å²) in [5.74, 6) is -4.15. The highest BCUT2D eigenvalue weighted by atomic mass is 35.5. The number of carbonyl (C=O) groups excluding carboxylic acids is 3. The molecular weight excluding hydrogens is 1410 g/mol. The number of anilines is 3. The van der Waals surface area contributed by atoms with Gasteiger partial charge >= 0.3 is 0 Å². The van der Waals surface area contributed by atoms with Crippen molar-refractivity contribution in [2.45, 2.75) is 204 Å². The lowest BCUT2D eigenvalue weighted by Crippen LogP contribution is -2.32. The van der Waals surface area contributed by atoms with Crippen molar-refractivity contribution in [2.24, 2.45) is 71.0 Å². The van der Waals surface area contributed by atoms with Crippen LogP contribution >= 0.6 is 11.6 Å². The zero-order chi connectivity index (χ0) is 81.0. The predicted octanol–water partition coefficient (Wildman–Crippen LogP) is 12.5. The number of aliphatic hydroxyl groups excluding tert-OH is 9. The van der Waals surface area contributed by atoms with E-state index >= 15 is 4.39 Å². The molecule has 6 rings (SSSR count). The summed E-state index contributed by atoms with van der Waals surface area (Å²) in [5.41, 5.74) is 7.51. The Morgan fingerprint density at radius 3 is 1.10 bits per heavy atom. The summed E-state index contributed by atoms with van der Waals surface area (Å²) in [6.07, 6.45) is 14.2. The highest BCUT2D eigenvalue weighted by Gasteiger charge is 2.33. The summed E-state index contributed by atoms with van der Waals surface area (Å²) >= 11 is 6.61. The molecule has 3 aliphatic heterocycles. The van der Waals surface area contributed by atoms with Crippen LogP contribution < -0.4 is 16.0 Å². The van der Waals surface area contributed by atoms with Gasteiger partial charge in [-0.1, -0.05) is 89.6 Å². The van der Waals surface area contributed by atoms with Crippen LogP contribution in [0, 0.1) is 83.8 Å². The first-order valence-electron chi connectivity index (χ1n) is 38.2. The Bertz CT molecular complexity index is 3350. The molecule has 0 aromatic heterocycles. The lowest BCUT2D eigenvalue weighted by atomic mass is 9.82. The quantitative estimate of drug-likeness (QED) is 0.0885. The van der Waals surface area contributed by atoms with Crippen molar-refractivity contribution in [2.75, 3.05) is 76.9 Å². The molecule has 3 heterocycles. The number of amides is 3. The van der Waals surface area contributed by atoms with Gasteiger partial charge in [0.25, 0.3) is 17.7 Å². The Hall–Kier alpha value is -6.35. The molecule has 3 amide bonds. The lowest BCUT2D eigenvalue weighted by Gasteiger charge is -2.29. The predicted molar refractivity (Wildman–Crippen MR) is 424 cm³/mol. The van der Waals surface area contributed by atoms with Gasteiger partial charge in [-0.15, -0.1) is 0 Å². The highest BCUT2D eigenvalue weighted by molar-refractivity contribution is 6.34. The lowest BCUT2D eigenvalue weighted by molar-refractivity contribution is -0.113. The smallest absolute Gasteiger partial charge is 0.251 e. The Morgan fingerprint density at radius 1 is 0.435 bits per heavy atom. The standard InChI is InChI=1S/C29H45NO6.C28H42ClNO6.C28H42FNO6/c1-17-10-23-13-25(14-26(33)21(23)5)30-29(35)18(2)8-7-9-22(15-31)28(36-6)20(4)12-19(3)27(34)24(11-17)16-32;2*1-16-9-21-12-23(33)13-24(25(21)29)30-28(35)17(2)7-6-8-20(14-31)27(36-5)19(4)11-18(3)26(34)22(10-16)15-32/h8,12-14,17,19,22,24,27-28,31-34H,7,9-11,15-16H2,1-6H3,(H,30,35);2*7,11-13,16,18,20,22,26-27,31-34H,6,8-10,14-15H2,1-5H3,(H,30,35)/b18-8+,20-12+;2*17-7+,19-11+/t17-,19+,22-,24-,27-,28+;2*16-,18+,20-,22-,26-,27+/m111/s1. The summed E-state index contributed by atoms with van der Waals surface area (Å²) in [4.78, 5) is 38.3. The van der Waals surface area contributed by atoms with E-state index in [0.29, 0.717) is 109 Å². The molecule has 3 aliphatic rings. The number of phenolic OH excluding ortho intramolecular Hbond substituents is 3. The van der Waals surface area contributed by atoms with Crippen LogP contribution in [0.3, 0.4) is 0 Å². The van der Waals surface area contributed by atoms with Crippen LogP contribution in [0.5, 0.6) is 17.2 Å². The number of ether oxygens (including phenoxy) is 3. The molecule has 0 fully saturated rings. The van der Waals surface area contributed by atoms with Crippen molar-refractivity contribution in [1.82, 2.24) is 0 Å². The largest absolute Gasteiger partial charge is 0.508 e. The van der Waals surface area contributed by atoms with E-state index in [4.69, 9.17) is 25.8 Å². The fourth-order valence-corrected chi connectivity index (χ4v) is 15.9. The van der Waals surface area contributed by atoms with Crippen LogP contribution in [0.1, 0.15) is 163 Å². The molecule has 21 nitrogen and oxygen atoms in total. The van der Waals surface area contributed by atoms with Gasteiger partial charge in [0.05, 0.1) is 53.0 Å². The highest BCUT2D eigenvalue weighted by Crippen LogP contribution is 2.38. The van der Waals surface area contributed by atoms with Crippen LogP contribution in [0.15, 0.2) is 106 Å². The summed E-state index contributed by atoms with van der Waals surface area (Å²) in [7, 11) is 4.78. The van der Waals surface area contributed by atoms with Gasteiger partial charge < -0.3 is 91.4 Å². The maximum absolute atomic E-state index is 15.2. The maximum Gasteiger partial charge on any atom is 0.251 e. The number of fused-ring (bicyclic) bond motifs is 6. The number of aliphatic hydroxyl groups is 9. The Balaban J connectivity index is 0.000000342. The molecule has 0 saturated heterocycles. The molecule has 0 aliphatic carbocycles. The number of hydrogen-bond acceptors (Lipinski definition) is 18. The van der Waals surface area contributed by atoms with E-state index in [9.17, 15) is 75.7 Å². The van der Waals surface area contributed by atoms with E-state index in [-0.39, 0.29) is 170 Å². The van der Waals surface area contributed by atoms with Crippen molar-refractivity contribution in [1.29, 1.82) is 0 Å². The topological polar surface area (TPSA) is 358 Å². The van der Waals surface area contributed by atoms with Gasteiger partial charge in [0.15, 0.2) is 0 Å². The van der Waals surface area contributed by atoms with Crippen molar-refractivity contribution in [3.63, 3.8) is 0 Å². The summed E-state index contributed by atoms with van der Waals surface area (Å²) in [6, 6.07) is 8.96. The first-order chi connectivity index (χ1) is 51.0. The van der Waals surface area contributed by atoms with Crippen LogP contribution in [0.4, 0.5) is 21.5 Å². The number of aromatic hydroxyl groups is 3. The molecule has 0 radical (unpaired) electrons. The number of nitrogens with one attached hydrogen (secondary N) is 3. The maximum atomic E-state index is 15.2. The molecule has 3 aromatic rings. The zero-order valence-electron chi connectivity index (χ0n) is 66.6. The van der Waals surface area contributed by atoms with Gasteiger partial charge in [-0.05, 0) is 200 Å². The number of carbonyl (C=O) groups is 3. The van der Waals surface area contributed by atoms with E-state index in [1.165, 1.54) is 18.2 Å². The molecule has 3 aromatic carbocycles. The fourth-order valence-electron chi connectivity index (χ4n) is 15.6. The van der Waals surface area contributed by atoms with Crippen LogP contribution in [0.25, 0.3) is 0 Å². The summed E-state index contributed by atoms with van der Waals surface area (Å²) in [6.45, 7) is 23.6. The average Bonchev–Trinajstić information content (AvgIpc) is 0.956. The normalized spacial score (nSPS) is 32.2. The van der Waals surface area contributed by atoms with Gasteiger partial charge in [-0.3, -0.25) is 14.4 Å². The second kappa shape index (κ2) is 46.5. The van der Waals surface area contributed by atoms with Crippen molar-refractivity contribution < 1.29 is 94.3 Å². The SMILES string of the molecule is CO[C@H]1/C(C)=C/[C@H](C)[C@@H](O)[C@@H](CO)C[C@H](C)Cc2cc(O)cc(c2Cl)NC(=O)/C(C)=C/CC[C@@H]1CO.CO[C@H]1/C(C)=C/[C@H](C)[C@@H](O)[C@@H](CO)C[C@H](C)Cc2cc(O)cc(c2F)NC(=O)/C(C)=C/CC[C@@H]1CO.CO[C@H]1/C(C)=C/[C@H](C)[C@@H](O)[C@@H](CO)C[C@H](C)Cc2cc(cc(O)c2C)NC(=O)/C(C)=C/CC[C@@H]1CO. The van der Waals surface area contributed by atoms with Gasteiger partial charge in [-0.25, -0.2) is 4.39 Å². The second-order valence-electron chi connectivity index (χ2n) is 31.0. The molecule has 0 saturated carbocycles. The third kappa shape index (κ3) is 28.1. The molecule has 0 unspecified atom stereocenters. The van der Waals surface area contributed by atoms with Gasteiger partial charge in [0.2, 0.25) is 0 Å². The zero-order valence-corrected chi connectivity index (χ0v) is 67.4. The van der Waals surface area contributed by atoms with Crippen LogP contribution in [-0.4, -0.2) is 177 Å². The minimum Gasteiger partial charge on any atom is -0.508 e. The molecule has 0 spiro atoms. The Labute approximate surface area is 645 Å².